The van der Waals surface area contributed by atoms with Crippen molar-refractivity contribution in [1.29, 1.82) is 0 Å². The fraction of sp³-hybridized carbons (Fsp3) is 0.269. The summed E-state index contributed by atoms with van der Waals surface area (Å²) in [5, 5.41) is 25.9. The number of aliphatic hydroxyl groups excluding tert-OH is 1. The average Bonchev–Trinajstić information content (AvgIpc) is 2.85. The molecule has 1 amide bonds. The number of benzene rings is 3. The minimum absolute atomic E-state index is 0.0946. The largest absolute Gasteiger partial charge is 0.384 e. The standard InChI is InChI=1S/C26H26ClN3O4/c1-17-11-13-29(14-12-17)23-10-7-19(15-24(23)30(33)34)26(32)28-22-9-8-20(27)16-21(22)25(31)18-5-3-2-4-6-18/h2-10,15-17,25,31H,11-14H2,1H3,(H,28,32). The monoisotopic (exact) mass is 479 g/mol. The van der Waals surface area contributed by atoms with E-state index in [4.69, 9.17) is 11.6 Å². The van der Waals surface area contributed by atoms with Crippen molar-refractivity contribution in [1.82, 2.24) is 0 Å². The van der Waals surface area contributed by atoms with E-state index in [9.17, 15) is 20.0 Å². The summed E-state index contributed by atoms with van der Waals surface area (Å²) in [6, 6.07) is 18.4. The van der Waals surface area contributed by atoms with Crippen LogP contribution in [-0.4, -0.2) is 29.0 Å². The van der Waals surface area contributed by atoms with Gasteiger partial charge in [0.15, 0.2) is 0 Å². The molecule has 0 radical (unpaired) electrons. The van der Waals surface area contributed by atoms with E-state index in [1.807, 2.05) is 23.1 Å². The first-order valence-corrected chi connectivity index (χ1v) is 11.6. The quantitative estimate of drug-likeness (QED) is 0.343. The molecule has 3 aromatic carbocycles. The number of rotatable bonds is 6. The number of nitro benzene ring substituents is 1. The van der Waals surface area contributed by atoms with Crippen molar-refractivity contribution in [3.63, 3.8) is 0 Å². The van der Waals surface area contributed by atoms with Gasteiger partial charge in [-0.1, -0.05) is 48.9 Å². The van der Waals surface area contributed by atoms with Gasteiger partial charge in [-0.15, -0.1) is 0 Å². The highest BCUT2D eigenvalue weighted by Crippen LogP contribution is 2.34. The van der Waals surface area contributed by atoms with Crippen LogP contribution >= 0.6 is 11.6 Å². The van der Waals surface area contributed by atoms with Crippen molar-refractivity contribution in [2.45, 2.75) is 25.9 Å². The maximum atomic E-state index is 13.1. The molecule has 3 aromatic rings. The Labute approximate surface area is 203 Å². The zero-order chi connectivity index (χ0) is 24.2. The first kappa shape index (κ1) is 23.7. The molecule has 176 valence electrons. The Hall–Kier alpha value is -3.42. The van der Waals surface area contributed by atoms with Gasteiger partial charge < -0.3 is 15.3 Å². The van der Waals surface area contributed by atoms with E-state index >= 15 is 0 Å². The molecule has 1 aliphatic heterocycles. The molecule has 0 aliphatic carbocycles. The number of piperidine rings is 1. The minimum Gasteiger partial charge on any atom is -0.384 e. The van der Waals surface area contributed by atoms with Crippen molar-refractivity contribution >= 4 is 34.6 Å². The third kappa shape index (κ3) is 5.21. The molecule has 0 bridgehead atoms. The number of hydrogen-bond acceptors (Lipinski definition) is 5. The molecule has 1 atom stereocenters. The average molecular weight is 480 g/mol. The van der Waals surface area contributed by atoms with Gasteiger partial charge in [0, 0.05) is 41.0 Å². The minimum atomic E-state index is -1.01. The lowest BCUT2D eigenvalue weighted by Gasteiger charge is -2.31. The Kier molecular flexibility index (Phi) is 7.14. The van der Waals surface area contributed by atoms with Gasteiger partial charge >= 0.3 is 0 Å². The molecule has 1 unspecified atom stereocenters. The van der Waals surface area contributed by atoms with E-state index in [0.29, 0.717) is 33.4 Å². The molecule has 1 aliphatic rings. The Morgan fingerprint density at radius 2 is 1.82 bits per heavy atom. The first-order chi connectivity index (χ1) is 16.3. The summed E-state index contributed by atoms with van der Waals surface area (Å²) in [6.07, 6.45) is 0.943. The molecule has 1 fully saturated rings. The number of hydrogen-bond donors (Lipinski definition) is 2. The maximum Gasteiger partial charge on any atom is 0.293 e. The van der Waals surface area contributed by atoms with Crippen LogP contribution < -0.4 is 10.2 Å². The SMILES string of the molecule is CC1CCN(c2ccc(C(=O)Nc3ccc(Cl)cc3C(O)c3ccccc3)cc2[N+](=O)[O-])CC1. The molecule has 2 N–H and O–H groups in total. The van der Waals surface area contributed by atoms with Gasteiger partial charge in [-0.05, 0) is 54.7 Å². The van der Waals surface area contributed by atoms with E-state index in [1.165, 1.54) is 6.07 Å². The number of carbonyl (C=O) groups is 1. The molecule has 0 spiro atoms. The molecule has 0 aromatic heterocycles. The molecular weight excluding hydrogens is 454 g/mol. The van der Waals surface area contributed by atoms with E-state index in [0.717, 1.165) is 25.9 Å². The molecule has 8 heteroatoms. The van der Waals surface area contributed by atoms with Gasteiger partial charge in [-0.3, -0.25) is 14.9 Å². The van der Waals surface area contributed by atoms with E-state index < -0.39 is 16.9 Å². The number of amides is 1. The van der Waals surface area contributed by atoms with Gasteiger partial charge in [0.25, 0.3) is 11.6 Å². The van der Waals surface area contributed by atoms with E-state index in [-0.39, 0.29) is 11.3 Å². The molecular formula is C26H26ClN3O4. The lowest BCUT2D eigenvalue weighted by molar-refractivity contribution is -0.384. The van der Waals surface area contributed by atoms with Crippen molar-refractivity contribution in [2.24, 2.45) is 5.92 Å². The third-order valence-electron chi connectivity index (χ3n) is 6.23. The Morgan fingerprint density at radius 3 is 2.50 bits per heavy atom. The van der Waals surface area contributed by atoms with Crippen LogP contribution in [0.3, 0.4) is 0 Å². The predicted octanol–water partition coefficient (Wildman–Crippen LogP) is 5.82. The number of aliphatic hydroxyl groups is 1. The highest BCUT2D eigenvalue weighted by molar-refractivity contribution is 6.30. The Bertz CT molecular complexity index is 1190. The fourth-order valence-corrected chi connectivity index (χ4v) is 4.39. The molecule has 1 heterocycles. The molecule has 0 saturated carbocycles. The number of halogens is 1. The Balaban J connectivity index is 1.61. The van der Waals surface area contributed by atoms with Gasteiger partial charge in [-0.2, -0.15) is 0 Å². The summed E-state index contributed by atoms with van der Waals surface area (Å²) < 4.78 is 0. The van der Waals surface area contributed by atoms with Crippen LogP contribution in [0.5, 0.6) is 0 Å². The number of anilines is 2. The summed E-state index contributed by atoms with van der Waals surface area (Å²) >= 11 is 6.15. The van der Waals surface area contributed by atoms with Crippen LogP contribution in [0.25, 0.3) is 0 Å². The lowest BCUT2D eigenvalue weighted by Crippen LogP contribution is -2.33. The van der Waals surface area contributed by atoms with Crippen molar-refractivity contribution in [3.8, 4) is 0 Å². The van der Waals surface area contributed by atoms with Crippen LogP contribution in [0.1, 0.15) is 47.4 Å². The number of nitrogens with zero attached hydrogens (tertiary/aromatic N) is 2. The normalized spacial score (nSPS) is 15.1. The molecule has 34 heavy (non-hydrogen) atoms. The second kappa shape index (κ2) is 10.2. The lowest BCUT2D eigenvalue weighted by atomic mass is 9.98. The second-order valence-corrected chi connectivity index (χ2v) is 9.07. The molecule has 7 nitrogen and oxygen atoms in total. The topological polar surface area (TPSA) is 95.7 Å². The van der Waals surface area contributed by atoms with Gasteiger partial charge in [0.05, 0.1) is 4.92 Å². The first-order valence-electron chi connectivity index (χ1n) is 11.2. The van der Waals surface area contributed by atoms with Crippen LogP contribution in [-0.2, 0) is 0 Å². The van der Waals surface area contributed by atoms with Crippen molar-refractivity contribution < 1.29 is 14.8 Å². The maximum absolute atomic E-state index is 13.1. The summed E-state index contributed by atoms with van der Waals surface area (Å²) in [6.45, 7) is 3.68. The summed E-state index contributed by atoms with van der Waals surface area (Å²) in [5.74, 6) is 0.0888. The Morgan fingerprint density at radius 1 is 1.12 bits per heavy atom. The third-order valence-corrected chi connectivity index (χ3v) is 6.47. The van der Waals surface area contributed by atoms with Gasteiger partial charge in [-0.25, -0.2) is 0 Å². The summed E-state index contributed by atoms with van der Waals surface area (Å²) in [7, 11) is 0. The highest BCUT2D eigenvalue weighted by atomic mass is 35.5. The highest BCUT2D eigenvalue weighted by Gasteiger charge is 2.25. The van der Waals surface area contributed by atoms with Gasteiger partial charge in [0.2, 0.25) is 0 Å². The fourth-order valence-electron chi connectivity index (χ4n) is 4.21. The number of nitrogens with one attached hydrogen (secondary N) is 1. The number of carbonyl (C=O) groups excluding carboxylic acids is 1. The number of nitro groups is 1. The molecule has 1 saturated heterocycles. The van der Waals surface area contributed by atoms with Gasteiger partial charge in [0.1, 0.15) is 11.8 Å². The van der Waals surface area contributed by atoms with Crippen LogP contribution in [0, 0.1) is 16.0 Å². The van der Waals surface area contributed by atoms with Crippen LogP contribution in [0.4, 0.5) is 17.1 Å². The summed E-state index contributed by atoms with van der Waals surface area (Å²) in [5.41, 5.74) is 2.05. The van der Waals surface area contributed by atoms with Crippen LogP contribution in [0.15, 0.2) is 66.7 Å². The van der Waals surface area contributed by atoms with Crippen molar-refractivity contribution in [3.05, 3.63) is 98.6 Å². The predicted molar refractivity (Wildman–Crippen MR) is 134 cm³/mol. The second-order valence-electron chi connectivity index (χ2n) is 8.63. The van der Waals surface area contributed by atoms with Crippen molar-refractivity contribution in [2.75, 3.05) is 23.3 Å². The van der Waals surface area contributed by atoms with E-state index in [2.05, 4.69) is 12.2 Å². The molecule has 4 rings (SSSR count). The zero-order valence-electron chi connectivity index (χ0n) is 18.8. The zero-order valence-corrected chi connectivity index (χ0v) is 19.5. The van der Waals surface area contributed by atoms with Crippen LogP contribution in [0.2, 0.25) is 5.02 Å². The smallest absolute Gasteiger partial charge is 0.293 e. The summed E-state index contributed by atoms with van der Waals surface area (Å²) in [4.78, 5) is 26.4. The van der Waals surface area contributed by atoms with E-state index in [1.54, 1.807) is 42.5 Å².